The van der Waals surface area contributed by atoms with Crippen LogP contribution in [0.5, 0.6) is 5.75 Å². The highest BCUT2D eigenvalue weighted by molar-refractivity contribution is 8.18. The summed E-state index contributed by atoms with van der Waals surface area (Å²) in [6.07, 6.45) is 1.53. The third-order valence-electron chi connectivity index (χ3n) is 2.97. The molecule has 1 atom stereocenters. The number of imide groups is 1. The van der Waals surface area contributed by atoms with Crippen LogP contribution in [0.3, 0.4) is 0 Å². The smallest absolute Gasteiger partial charge is 0.294 e. The Morgan fingerprint density at radius 3 is 2.48 bits per heavy atom. The number of carbonyl (C=O) groups is 3. The van der Waals surface area contributed by atoms with Crippen molar-refractivity contribution in [3.63, 3.8) is 0 Å². The van der Waals surface area contributed by atoms with Crippen LogP contribution in [-0.2, 0) is 9.59 Å². The highest BCUT2D eigenvalue weighted by Gasteiger charge is 2.38. The fraction of sp³-hybridized carbons (Fsp3) is 0.214. The van der Waals surface area contributed by atoms with Gasteiger partial charge in [-0.2, -0.15) is 0 Å². The van der Waals surface area contributed by atoms with Crippen molar-refractivity contribution < 1.29 is 24.2 Å². The number of thioether (sulfide) groups is 1. The Morgan fingerprint density at radius 2 is 1.95 bits per heavy atom. The number of rotatable bonds is 4. The lowest BCUT2D eigenvalue weighted by Gasteiger charge is -2.21. The van der Waals surface area contributed by atoms with E-state index in [1.54, 1.807) is 31.4 Å². The minimum absolute atomic E-state index is 0.179. The van der Waals surface area contributed by atoms with Crippen LogP contribution >= 0.6 is 11.8 Å². The van der Waals surface area contributed by atoms with Gasteiger partial charge in [-0.3, -0.25) is 14.5 Å². The number of amides is 2. The van der Waals surface area contributed by atoms with Crippen LogP contribution in [-0.4, -0.2) is 35.2 Å². The van der Waals surface area contributed by atoms with Crippen molar-refractivity contribution in [3.8, 4) is 5.75 Å². The summed E-state index contributed by atoms with van der Waals surface area (Å²) in [6, 6.07) is 5.61. The van der Waals surface area contributed by atoms with Gasteiger partial charge in [-0.25, -0.2) is 0 Å². The largest absolute Gasteiger partial charge is 0.548 e. The van der Waals surface area contributed by atoms with E-state index >= 15 is 0 Å². The van der Waals surface area contributed by atoms with E-state index in [0.717, 1.165) is 0 Å². The van der Waals surface area contributed by atoms with Crippen LogP contribution in [0, 0.1) is 0 Å². The molecule has 110 valence electrons. The third kappa shape index (κ3) is 3.08. The predicted octanol–water partition coefficient (Wildman–Crippen LogP) is 0.870. The molecule has 0 N–H and O–H groups in total. The third-order valence-corrected chi connectivity index (χ3v) is 3.85. The summed E-state index contributed by atoms with van der Waals surface area (Å²) in [5, 5.41) is 10.2. The minimum atomic E-state index is -1.47. The molecule has 0 unspecified atom stereocenters. The molecular weight excluding hydrogens is 294 g/mol. The monoisotopic (exact) mass is 306 g/mol. The Labute approximate surface area is 125 Å². The first kappa shape index (κ1) is 15.1. The van der Waals surface area contributed by atoms with Gasteiger partial charge in [-0.15, -0.1) is 0 Å². The van der Waals surface area contributed by atoms with E-state index in [1.165, 1.54) is 13.0 Å². The second-order valence-electron chi connectivity index (χ2n) is 4.32. The zero-order valence-electron chi connectivity index (χ0n) is 11.4. The molecule has 2 amide bonds. The fourth-order valence-electron chi connectivity index (χ4n) is 1.77. The van der Waals surface area contributed by atoms with Gasteiger partial charge in [0.15, 0.2) is 0 Å². The number of ether oxygens (including phenoxy) is 1. The second-order valence-corrected chi connectivity index (χ2v) is 5.31. The molecular formula is C14H12NO5S-. The Hall–Kier alpha value is -2.28. The zero-order valence-corrected chi connectivity index (χ0v) is 12.2. The van der Waals surface area contributed by atoms with Crippen LogP contribution in [0.1, 0.15) is 12.5 Å². The molecule has 2 rings (SSSR count). The molecule has 21 heavy (non-hydrogen) atoms. The summed E-state index contributed by atoms with van der Waals surface area (Å²) in [5.74, 6) is -1.42. The number of carbonyl (C=O) groups excluding carboxylic acids is 3. The van der Waals surface area contributed by atoms with Crippen molar-refractivity contribution in [3.05, 3.63) is 34.7 Å². The second kappa shape index (κ2) is 6.01. The number of hydrogen-bond donors (Lipinski definition) is 0. The van der Waals surface area contributed by atoms with Crippen LogP contribution < -0.4 is 9.84 Å². The Balaban J connectivity index is 2.25. The summed E-state index contributed by atoms with van der Waals surface area (Å²) in [5.41, 5.74) is 0.711. The Bertz CT molecular complexity index is 623. The highest BCUT2D eigenvalue weighted by Crippen LogP contribution is 2.33. The molecule has 1 aromatic carbocycles. The first-order chi connectivity index (χ1) is 9.93. The average Bonchev–Trinajstić information content (AvgIpc) is 2.73. The average molecular weight is 306 g/mol. The number of hydrogen-bond acceptors (Lipinski definition) is 6. The number of carboxylic acids is 1. The summed E-state index contributed by atoms with van der Waals surface area (Å²) < 4.78 is 5.02. The number of benzene rings is 1. The number of carboxylic acid groups (broad SMARTS) is 1. The number of nitrogens with zero attached hydrogens (tertiary/aromatic N) is 1. The SMILES string of the molecule is COc1ccc(/C=C2\SC(=O)N([C@@H](C)C(=O)[O-])C2=O)cc1. The van der Waals surface area contributed by atoms with Crippen molar-refractivity contribution in [1.82, 2.24) is 4.90 Å². The molecule has 0 aliphatic carbocycles. The van der Waals surface area contributed by atoms with E-state index < -0.39 is 23.2 Å². The maximum atomic E-state index is 12.1. The molecule has 1 aliphatic rings. The summed E-state index contributed by atoms with van der Waals surface area (Å²) in [4.78, 5) is 35.5. The molecule has 1 heterocycles. The molecule has 0 spiro atoms. The van der Waals surface area contributed by atoms with Crippen molar-refractivity contribution in [2.45, 2.75) is 13.0 Å². The van der Waals surface area contributed by atoms with E-state index in [9.17, 15) is 19.5 Å². The van der Waals surface area contributed by atoms with E-state index in [4.69, 9.17) is 4.74 Å². The molecule has 0 saturated carbocycles. The molecule has 1 aromatic rings. The lowest BCUT2D eigenvalue weighted by molar-refractivity contribution is -0.309. The molecule has 0 aromatic heterocycles. The quantitative estimate of drug-likeness (QED) is 0.767. The molecule has 0 bridgehead atoms. The van der Waals surface area contributed by atoms with Crippen LogP contribution in [0.2, 0.25) is 0 Å². The first-order valence-corrected chi connectivity index (χ1v) is 6.87. The van der Waals surface area contributed by atoms with Gasteiger partial charge in [-0.05, 0) is 42.5 Å². The molecule has 7 heteroatoms. The van der Waals surface area contributed by atoms with Gasteiger partial charge in [0.05, 0.1) is 24.0 Å². The fourth-order valence-corrected chi connectivity index (χ4v) is 2.68. The maximum Gasteiger partial charge on any atom is 0.294 e. The van der Waals surface area contributed by atoms with Gasteiger partial charge in [0.1, 0.15) is 5.75 Å². The number of methoxy groups -OCH3 is 1. The van der Waals surface area contributed by atoms with Gasteiger partial charge in [0.25, 0.3) is 11.1 Å². The minimum Gasteiger partial charge on any atom is -0.548 e. The van der Waals surface area contributed by atoms with E-state index in [2.05, 4.69) is 0 Å². The lowest BCUT2D eigenvalue weighted by atomic mass is 10.2. The predicted molar refractivity (Wildman–Crippen MR) is 75.3 cm³/mol. The summed E-state index contributed by atoms with van der Waals surface area (Å²) >= 11 is 0.708. The van der Waals surface area contributed by atoms with Crippen LogP contribution in [0.25, 0.3) is 6.08 Å². The molecule has 1 saturated heterocycles. The van der Waals surface area contributed by atoms with Crippen molar-refractivity contribution in [2.75, 3.05) is 7.11 Å². The van der Waals surface area contributed by atoms with E-state index in [-0.39, 0.29) is 4.91 Å². The van der Waals surface area contributed by atoms with Crippen molar-refractivity contribution in [2.24, 2.45) is 0 Å². The molecule has 1 aliphatic heterocycles. The van der Waals surface area contributed by atoms with Crippen LogP contribution in [0.15, 0.2) is 29.2 Å². The first-order valence-electron chi connectivity index (χ1n) is 6.06. The van der Waals surface area contributed by atoms with Gasteiger partial charge in [0, 0.05) is 0 Å². The highest BCUT2D eigenvalue weighted by atomic mass is 32.2. The van der Waals surface area contributed by atoms with Gasteiger partial charge in [-0.1, -0.05) is 12.1 Å². The Kier molecular flexibility index (Phi) is 4.32. The topological polar surface area (TPSA) is 86.7 Å². The molecule has 6 nitrogen and oxygen atoms in total. The summed E-state index contributed by atoms with van der Waals surface area (Å²) in [7, 11) is 1.54. The zero-order chi connectivity index (χ0) is 15.6. The maximum absolute atomic E-state index is 12.1. The summed E-state index contributed by atoms with van der Waals surface area (Å²) in [6.45, 7) is 1.24. The van der Waals surface area contributed by atoms with Gasteiger partial charge >= 0.3 is 0 Å². The number of aliphatic carboxylic acids is 1. The molecule has 0 radical (unpaired) electrons. The van der Waals surface area contributed by atoms with E-state index in [1.807, 2.05) is 0 Å². The van der Waals surface area contributed by atoms with Gasteiger partial charge < -0.3 is 14.6 Å². The normalized spacial score (nSPS) is 18.2. The van der Waals surface area contributed by atoms with Crippen LogP contribution in [0.4, 0.5) is 4.79 Å². The van der Waals surface area contributed by atoms with E-state index in [0.29, 0.717) is 28.0 Å². The van der Waals surface area contributed by atoms with Crippen molar-refractivity contribution >= 4 is 35.0 Å². The van der Waals surface area contributed by atoms with Gasteiger partial charge in [0.2, 0.25) is 0 Å². The standard InChI is InChI=1S/C14H13NO5S/c1-8(13(17)18)15-12(16)11(21-14(15)19)7-9-3-5-10(20-2)6-4-9/h3-8H,1-2H3,(H,17,18)/p-1/b11-7-/t8-/m0/s1. The lowest BCUT2D eigenvalue weighted by Crippen LogP contribution is -2.48. The molecule has 1 fully saturated rings. The van der Waals surface area contributed by atoms with Crippen molar-refractivity contribution in [1.29, 1.82) is 0 Å². The Morgan fingerprint density at radius 1 is 1.33 bits per heavy atom.